The predicted octanol–water partition coefficient (Wildman–Crippen LogP) is 3.13. The third kappa shape index (κ3) is 3.60. The van der Waals surface area contributed by atoms with E-state index in [4.69, 9.17) is 0 Å². The molecule has 3 nitrogen and oxygen atoms in total. The van der Waals surface area contributed by atoms with Gasteiger partial charge in [0.2, 0.25) is 5.91 Å². The van der Waals surface area contributed by atoms with Gasteiger partial charge in [-0.15, -0.1) is 0 Å². The summed E-state index contributed by atoms with van der Waals surface area (Å²) in [6.07, 6.45) is 3.05. The highest BCUT2D eigenvalue weighted by atomic mass is 16.2. The van der Waals surface area contributed by atoms with E-state index in [2.05, 4.69) is 31.3 Å². The molecule has 2 unspecified atom stereocenters. The fourth-order valence-corrected chi connectivity index (χ4v) is 2.98. The van der Waals surface area contributed by atoms with Gasteiger partial charge in [0, 0.05) is 24.7 Å². The zero-order valence-corrected chi connectivity index (χ0v) is 12.9. The van der Waals surface area contributed by atoms with Gasteiger partial charge in [0.1, 0.15) is 0 Å². The highest BCUT2D eigenvalue weighted by Crippen LogP contribution is 2.21. The highest BCUT2D eigenvalue weighted by Gasteiger charge is 2.25. The third-order valence-electron chi connectivity index (χ3n) is 4.25. The highest BCUT2D eigenvalue weighted by molar-refractivity contribution is 5.93. The second kappa shape index (κ2) is 6.89. The quantitative estimate of drug-likeness (QED) is 0.915. The van der Waals surface area contributed by atoms with Crippen LogP contribution in [0.2, 0.25) is 0 Å². The SMILES string of the molecule is CCN(C(=O)CC1NCCCC1C)c1cccc(C)c1. The predicted molar refractivity (Wildman–Crippen MR) is 84.0 cm³/mol. The maximum absolute atomic E-state index is 12.6. The standard InChI is InChI=1S/C17H26N2O/c1-4-19(15-9-5-7-13(2)11-15)17(20)12-16-14(3)8-6-10-18-16/h5,7,9,11,14,16,18H,4,6,8,10,12H2,1-3H3. The Balaban J connectivity index is 2.05. The minimum atomic E-state index is 0.226. The van der Waals surface area contributed by atoms with E-state index >= 15 is 0 Å². The van der Waals surface area contributed by atoms with Crippen molar-refractivity contribution in [3.05, 3.63) is 29.8 Å². The molecule has 3 heteroatoms. The van der Waals surface area contributed by atoms with Gasteiger partial charge in [-0.05, 0) is 56.8 Å². The molecule has 1 fully saturated rings. The van der Waals surface area contributed by atoms with Crippen molar-refractivity contribution in [1.29, 1.82) is 0 Å². The summed E-state index contributed by atoms with van der Waals surface area (Å²) in [6, 6.07) is 8.51. The van der Waals surface area contributed by atoms with Crippen molar-refractivity contribution in [2.24, 2.45) is 5.92 Å². The van der Waals surface area contributed by atoms with Crippen molar-refractivity contribution < 1.29 is 4.79 Å². The van der Waals surface area contributed by atoms with Gasteiger partial charge < -0.3 is 10.2 Å². The molecule has 20 heavy (non-hydrogen) atoms. The Hall–Kier alpha value is -1.35. The second-order valence-electron chi connectivity index (χ2n) is 5.86. The number of rotatable bonds is 4. The van der Waals surface area contributed by atoms with E-state index in [-0.39, 0.29) is 5.91 Å². The summed E-state index contributed by atoms with van der Waals surface area (Å²) in [7, 11) is 0. The first-order valence-electron chi connectivity index (χ1n) is 7.72. The number of aryl methyl sites for hydroxylation is 1. The summed E-state index contributed by atoms with van der Waals surface area (Å²) in [5, 5.41) is 3.49. The van der Waals surface area contributed by atoms with Crippen LogP contribution in [0.1, 0.15) is 38.7 Å². The Morgan fingerprint density at radius 3 is 2.90 bits per heavy atom. The zero-order valence-electron chi connectivity index (χ0n) is 12.9. The number of piperidine rings is 1. The van der Waals surface area contributed by atoms with E-state index in [0.29, 0.717) is 18.4 Å². The normalized spacial score (nSPS) is 22.6. The summed E-state index contributed by atoms with van der Waals surface area (Å²) < 4.78 is 0. The van der Waals surface area contributed by atoms with Crippen LogP contribution < -0.4 is 10.2 Å². The van der Waals surface area contributed by atoms with Crippen molar-refractivity contribution in [2.45, 2.75) is 46.1 Å². The summed E-state index contributed by atoms with van der Waals surface area (Å²) in [6.45, 7) is 8.11. The number of hydrogen-bond donors (Lipinski definition) is 1. The number of hydrogen-bond acceptors (Lipinski definition) is 2. The van der Waals surface area contributed by atoms with Gasteiger partial charge in [-0.25, -0.2) is 0 Å². The maximum Gasteiger partial charge on any atom is 0.228 e. The lowest BCUT2D eigenvalue weighted by molar-refractivity contribution is -0.119. The molecule has 2 atom stereocenters. The maximum atomic E-state index is 12.6. The fourth-order valence-electron chi connectivity index (χ4n) is 2.98. The molecule has 2 rings (SSSR count). The molecule has 1 aliphatic heterocycles. The van der Waals surface area contributed by atoms with E-state index in [1.54, 1.807) is 0 Å². The molecular formula is C17H26N2O. The average Bonchev–Trinajstić information content (AvgIpc) is 2.42. The van der Waals surface area contributed by atoms with Crippen LogP contribution in [0, 0.1) is 12.8 Å². The van der Waals surface area contributed by atoms with Crippen LogP contribution >= 0.6 is 0 Å². The molecular weight excluding hydrogens is 248 g/mol. The topological polar surface area (TPSA) is 32.3 Å². The molecule has 0 aromatic heterocycles. The summed E-state index contributed by atoms with van der Waals surface area (Å²) in [5.41, 5.74) is 2.21. The Morgan fingerprint density at radius 2 is 2.25 bits per heavy atom. The van der Waals surface area contributed by atoms with Gasteiger partial charge in [-0.2, -0.15) is 0 Å². The summed E-state index contributed by atoms with van der Waals surface area (Å²) in [4.78, 5) is 14.5. The molecule has 0 aliphatic carbocycles. The molecule has 110 valence electrons. The minimum absolute atomic E-state index is 0.226. The Labute approximate surface area is 122 Å². The van der Waals surface area contributed by atoms with Crippen LogP contribution in [-0.4, -0.2) is 25.0 Å². The lowest BCUT2D eigenvalue weighted by Crippen LogP contribution is -2.44. The van der Waals surface area contributed by atoms with Crippen LogP contribution in [0.3, 0.4) is 0 Å². The molecule has 1 amide bonds. The van der Waals surface area contributed by atoms with Crippen LogP contribution in [0.5, 0.6) is 0 Å². The van der Waals surface area contributed by atoms with Crippen molar-refractivity contribution in [1.82, 2.24) is 5.32 Å². The number of nitrogens with zero attached hydrogens (tertiary/aromatic N) is 1. The lowest BCUT2D eigenvalue weighted by Gasteiger charge is -2.31. The zero-order chi connectivity index (χ0) is 14.5. The van der Waals surface area contributed by atoms with Gasteiger partial charge in [-0.1, -0.05) is 19.1 Å². The van der Waals surface area contributed by atoms with Crippen LogP contribution in [0.15, 0.2) is 24.3 Å². The number of amides is 1. The van der Waals surface area contributed by atoms with Gasteiger partial charge in [-0.3, -0.25) is 4.79 Å². The molecule has 0 saturated carbocycles. The first-order chi connectivity index (χ1) is 9.61. The number of nitrogens with one attached hydrogen (secondary N) is 1. The van der Waals surface area contributed by atoms with Crippen molar-refractivity contribution in [3.63, 3.8) is 0 Å². The molecule has 0 radical (unpaired) electrons. The van der Waals surface area contributed by atoms with Crippen molar-refractivity contribution in [2.75, 3.05) is 18.0 Å². The molecule has 0 bridgehead atoms. The molecule has 0 spiro atoms. The van der Waals surface area contributed by atoms with E-state index in [9.17, 15) is 4.79 Å². The number of carbonyl (C=O) groups is 1. The van der Waals surface area contributed by atoms with E-state index in [1.165, 1.54) is 18.4 Å². The molecule has 1 aromatic rings. The minimum Gasteiger partial charge on any atom is -0.313 e. The van der Waals surface area contributed by atoms with Gasteiger partial charge >= 0.3 is 0 Å². The molecule has 1 heterocycles. The summed E-state index contributed by atoms with van der Waals surface area (Å²) >= 11 is 0. The van der Waals surface area contributed by atoms with E-state index in [0.717, 1.165) is 18.8 Å². The first-order valence-corrected chi connectivity index (χ1v) is 7.72. The van der Waals surface area contributed by atoms with Gasteiger partial charge in [0.05, 0.1) is 0 Å². The van der Waals surface area contributed by atoms with Crippen molar-refractivity contribution >= 4 is 11.6 Å². The molecule has 1 N–H and O–H groups in total. The van der Waals surface area contributed by atoms with E-state index in [1.807, 2.05) is 24.0 Å². The van der Waals surface area contributed by atoms with Gasteiger partial charge in [0.15, 0.2) is 0 Å². The number of carbonyl (C=O) groups excluding carboxylic acids is 1. The number of benzene rings is 1. The van der Waals surface area contributed by atoms with Crippen LogP contribution in [-0.2, 0) is 4.79 Å². The fraction of sp³-hybridized carbons (Fsp3) is 0.588. The second-order valence-corrected chi connectivity index (χ2v) is 5.86. The lowest BCUT2D eigenvalue weighted by atomic mass is 9.90. The largest absolute Gasteiger partial charge is 0.313 e. The average molecular weight is 274 g/mol. The smallest absolute Gasteiger partial charge is 0.228 e. The van der Waals surface area contributed by atoms with Crippen molar-refractivity contribution in [3.8, 4) is 0 Å². The van der Waals surface area contributed by atoms with E-state index < -0.39 is 0 Å². The van der Waals surface area contributed by atoms with Crippen LogP contribution in [0.25, 0.3) is 0 Å². The molecule has 1 aromatic carbocycles. The molecule has 1 saturated heterocycles. The first kappa shape index (κ1) is 15.0. The third-order valence-corrected chi connectivity index (χ3v) is 4.25. The van der Waals surface area contributed by atoms with Gasteiger partial charge in [0.25, 0.3) is 0 Å². The number of anilines is 1. The van der Waals surface area contributed by atoms with Crippen LogP contribution in [0.4, 0.5) is 5.69 Å². The Kier molecular flexibility index (Phi) is 5.18. The summed E-state index contributed by atoms with van der Waals surface area (Å²) in [5.74, 6) is 0.813. The Morgan fingerprint density at radius 1 is 1.45 bits per heavy atom. The molecule has 1 aliphatic rings. The monoisotopic (exact) mass is 274 g/mol. The Bertz CT molecular complexity index is 458.